The summed E-state index contributed by atoms with van der Waals surface area (Å²) in [5.74, 6) is -4.02. The van der Waals surface area contributed by atoms with Crippen molar-refractivity contribution in [2.24, 2.45) is 5.92 Å². The summed E-state index contributed by atoms with van der Waals surface area (Å²) >= 11 is 0. The van der Waals surface area contributed by atoms with E-state index in [1.54, 1.807) is 13.8 Å². The standard InChI is InChI=1S/C10H18O6/c1-5(2)4-10(15)8(13)9(3,14)6(11)7(12)16-10/h5,8,11-15H,4H2,1-3H3. The van der Waals surface area contributed by atoms with Crippen molar-refractivity contribution >= 4 is 0 Å². The van der Waals surface area contributed by atoms with Crippen LogP contribution in [0.1, 0.15) is 27.2 Å². The third-order valence-electron chi connectivity index (χ3n) is 2.62. The monoisotopic (exact) mass is 234 g/mol. The van der Waals surface area contributed by atoms with Crippen LogP contribution in [0.4, 0.5) is 0 Å². The van der Waals surface area contributed by atoms with Crippen molar-refractivity contribution in [2.45, 2.75) is 44.7 Å². The fraction of sp³-hybridized carbons (Fsp3) is 0.800. The number of aliphatic hydroxyl groups is 5. The number of ether oxygens (including phenoxy) is 1. The zero-order chi connectivity index (χ0) is 12.7. The van der Waals surface area contributed by atoms with Gasteiger partial charge in [0.2, 0.25) is 11.5 Å². The molecule has 94 valence electrons. The van der Waals surface area contributed by atoms with Gasteiger partial charge in [-0.25, -0.2) is 0 Å². The third-order valence-corrected chi connectivity index (χ3v) is 2.62. The number of hydrogen-bond acceptors (Lipinski definition) is 6. The second-order valence-corrected chi connectivity index (χ2v) is 4.75. The Morgan fingerprint density at radius 1 is 1.31 bits per heavy atom. The van der Waals surface area contributed by atoms with Crippen molar-refractivity contribution < 1.29 is 30.3 Å². The SMILES string of the molecule is CC(C)CC1(O)OC(O)=C(O)C(C)(O)C1O. The van der Waals surface area contributed by atoms with Crippen LogP contribution in [0.5, 0.6) is 0 Å². The van der Waals surface area contributed by atoms with Crippen LogP contribution in [-0.2, 0) is 4.74 Å². The Morgan fingerprint density at radius 2 is 1.81 bits per heavy atom. The molecule has 5 N–H and O–H groups in total. The molecule has 0 aliphatic carbocycles. The van der Waals surface area contributed by atoms with Gasteiger partial charge < -0.3 is 30.3 Å². The molecule has 6 heteroatoms. The van der Waals surface area contributed by atoms with Gasteiger partial charge in [0.05, 0.1) is 0 Å². The summed E-state index contributed by atoms with van der Waals surface area (Å²) in [6.45, 7) is 4.63. The molecule has 0 bridgehead atoms. The molecule has 3 unspecified atom stereocenters. The molecule has 0 saturated carbocycles. The van der Waals surface area contributed by atoms with E-state index in [2.05, 4.69) is 4.74 Å². The zero-order valence-electron chi connectivity index (χ0n) is 9.51. The summed E-state index contributed by atoms with van der Waals surface area (Å²) in [5, 5.41) is 48.1. The van der Waals surface area contributed by atoms with Crippen molar-refractivity contribution in [2.75, 3.05) is 0 Å². The van der Waals surface area contributed by atoms with Gasteiger partial charge in [0, 0.05) is 6.42 Å². The van der Waals surface area contributed by atoms with Crippen molar-refractivity contribution in [3.05, 3.63) is 11.7 Å². The lowest BCUT2D eigenvalue weighted by atomic mass is 9.84. The molecule has 0 radical (unpaired) electrons. The van der Waals surface area contributed by atoms with Gasteiger partial charge in [-0.05, 0) is 12.8 Å². The summed E-state index contributed by atoms with van der Waals surface area (Å²) in [6, 6.07) is 0. The molecule has 0 spiro atoms. The van der Waals surface area contributed by atoms with Crippen molar-refractivity contribution in [3.63, 3.8) is 0 Å². The normalized spacial score (nSPS) is 40.1. The Morgan fingerprint density at radius 3 is 2.25 bits per heavy atom. The van der Waals surface area contributed by atoms with Crippen LogP contribution in [-0.4, -0.2) is 43.0 Å². The maximum Gasteiger partial charge on any atom is 0.322 e. The van der Waals surface area contributed by atoms with Crippen LogP contribution in [0.15, 0.2) is 11.7 Å². The van der Waals surface area contributed by atoms with Crippen molar-refractivity contribution in [1.82, 2.24) is 0 Å². The molecule has 0 aromatic carbocycles. The number of rotatable bonds is 2. The molecule has 1 aliphatic rings. The van der Waals surface area contributed by atoms with Gasteiger partial charge in [-0.2, -0.15) is 0 Å². The van der Waals surface area contributed by atoms with E-state index in [0.29, 0.717) is 0 Å². The minimum absolute atomic E-state index is 0.00164. The van der Waals surface area contributed by atoms with Gasteiger partial charge >= 0.3 is 5.95 Å². The molecule has 0 fully saturated rings. The fourth-order valence-electron chi connectivity index (χ4n) is 1.79. The molecule has 0 saturated heterocycles. The van der Waals surface area contributed by atoms with Crippen molar-refractivity contribution in [1.29, 1.82) is 0 Å². The summed E-state index contributed by atoms with van der Waals surface area (Å²) < 4.78 is 4.68. The molecular formula is C10H18O6. The highest BCUT2D eigenvalue weighted by Crippen LogP contribution is 2.38. The third kappa shape index (κ3) is 1.95. The maximum absolute atomic E-state index is 10.00. The lowest BCUT2D eigenvalue weighted by molar-refractivity contribution is -0.310. The Hall–Kier alpha value is -0.980. The molecule has 1 heterocycles. The van der Waals surface area contributed by atoms with Gasteiger partial charge in [0.15, 0.2) is 11.7 Å². The summed E-state index contributed by atoms with van der Waals surface area (Å²) in [4.78, 5) is 0. The first kappa shape index (κ1) is 13.1. The highest BCUT2D eigenvalue weighted by molar-refractivity contribution is 5.17. The Balaban J connectivity index is 3.10. The Kier molecular flexibility index (Phi) is 3.11. The van der Waals surface area contributed by atoms with Crippen molar-refractivity contribution in [3.8, 4) is 0 Å². The van der Waals surface area contributed by atoms with Gasteiger partial charge in [-0.1, -0.05) is 13.8 Å². The minimum atomic E-state index is -2.15. The van der Waals surface area contributed by atoms with E-state index < -0.39 is 29.2 Å². The van der Waals surface area contributed by atoms with Gasteiger partial charge in [-0.15, -0.1) is 0 Å². The predicted molar refractivity (Wildman–Crippen MR) is 54.4 cm³/mol. The number of hydrogen-bond donors (Lipinski definition) is 5. The van der Waals surface area contributed by atoms with E-state index in [1.165, 1.54) is 0 Å². The van der Waals surface area contributed by atoms with Gasteiger partial charge in [0.1, 0.15) is 0 Å². The average Bonchev–Trinajstić information content (AvgIpc) is 2.11. The first-order valence-corrected chi connectivity index (χ1v) is 5.05. The topological polar surface area (TPSA) is 110 Å². The molecule has 1 aliphatic heterocycles. The lowest BCUT2D eigenvalue weighted by Gasteiger charge is -2.43. The Labute approximate surface area is 93.4 Å². The van der Waals surface area contributed by atoms with E-state index in [4.69, 9.17) is 0 Å². The molecule has 0 aromatic heterocycles. The summed E-state index contributed by atoms with van der Waals surface area (Å²) in [6.07, 6.45) is -1.75. The van der Waals surface area contributed by atoms with E-state index in [0.717, 1.165) is 6.92 Å². The summed E-state index contributed by atoms with van der Waals surface area (Å²) in [7, 11) is 0. The lowest BCUT2D eigenvalue weighted by Crippen LogP contribution is -2.61. The quantitative estimate of drug-likeness (QED) is 0.465. The van der Waals surface area contributed by atoms with Crippen LogP contribution in [0, 0.1) is 5.92 Å². The second kappa shape index (κ2) is 3.80. The molecular weight excluding hydrogens is 216 g/mol. The Bertz CT molecular complexity index is 308. The molecule has 0 aromatic rings. The van der Waals surface area contributed by atoms with E-state index >= 15 is 0 Å². The number of aliphatic hydroxyl groups excluding tert-OH is 3. The summed E-state index contributed by atoms with van der Waals surface area (Å²) in [5.41, 5.74) is -2.15. The van der Waals surface area contributed by atoms with E-state index in [9.17, 15) is 25.5 Å². The first-order valence-electron chi connectivity index (χ1n) is 5.05. The fourth-order valence-corrected chi connectivity index (χ4v) is 1.79. The predicted octanol–water partition coefficient (Wildman–Crippen LogP) is 0.148. The maximum atomic E-state index is 10.00. The van der Waals surface area contributed by atoms with Crippen LogP contribution < -0.4 is 0 Å². The largest absolute Gasteiger partial charge is 0.504 e. The molecule has 1 rings (SSSR count). The van der Waals surface area contributed by atoms with E-state index in [-0.39, 0.29) is 12.3 Å². The smallest absolute Gasteiger partial charge is 0.322 e. The van der Waals surface area contributed by atoms with Crippen LogP contribution in [0.2, 0.25) is 0 Å². The van der Waals surface area contributed by atoms with Crippen LogP contribution in [0.25, 0.3) is 0 Å². The first-order chi connectivity index (χ1) is 7.11. The molecule has 0 amide bonds. The second-order valence-electron chi connectivity index (χ2n) is 4.75. The van der Waals surface area contributed by atoms with Crippen LogP contribution >= 0.6 is 0 Å². The average molecular weight is 234 g/mol. The molecule has 6 nitrogen and oxygen atoms in total. The highest BCUT2D eigenvalue weighted by Gasteiger charge is 2.56. The minimum Gasteiger partial charge on any atom is -0.504 e. The zero-order valence-corrected chi connectivity index (χ0v) is 9.51. The van der Waals surface area contributed by atoms with E-state index in [1.807, 2.05) is 0 Å². The highest BCUT2D eigenvalue weighted by atomic mass is 16.7. The van der Waals surface area contributed by atoms with Gasteiger partial charge in [-0.3, -0.25) is 0 Å². The molecule has 3 atom stereocenters. The van der Waals surface area contributed by atoms with Crippen LogP contribution in [0.3, 0.4) is 0 Å². The van der Waals surface area contributed by atoms with Gasteiger partial charge in [0.25, 0.3) is 0 Å². The molecule has 16 heavy (non-hydrogen) atoms.